The number of rotatable bonds is 5. The molecule has 114 valence electrons. The summed E-state index contributed by atoms with van der Waals surface area (Å²) < 4.78 is 5.48. The van der Waals surface area contributed by atoms with Gasteiger partial charge in [-0.2, -0.15) is 0 Å². The van der Waals surface area contributed by atoms with Gasteiger partial charge in [0.25, 0.3) is 0 Å². The van der Waals surface area contributed by atoms with Crippen molar-refractivity contribution in [3.63, 3.8) is 0 Å². The Morgan fingerprint density at radius 1 is 1.43 bits per heavy atom. The zero-order valence-electron chi connectivity index (χ0n) is 12.7. The number of piperidine rings is 1. The number of hydrogen-bond donors (Lipinski definition) is 2. The van der Waals surface area contributed by atoms with Gasteiger partial charge in [-0.25, -0.2) is 0 Å². The molecular weight excluding hydrogens is 264 g/mol. The molecule has 4 heteroatoms. The highest BCUT2D eigenvalue weighted by molar-refractivity contribution is 5.82. The van der Waals surface area contributed by atoms with Gasteiger partial charge in [-0.1, -0.05) is 12.1 Å². The summed E-state index contributed by atoms with van der Waals surface area (Å²) in [5.74, 6) is 1.32. The number of hydrogen-bond acceptors (Lipinski definition) is 3. The molecule has 21 heavy (non-hydrogen) atoms. The average Bonchev–Trinajstić information content (AvgIpc) is 3.20. The lowest BCUT2D eigenvalue weighted by atomic mass is 9.92. The highest BCUT2D eigenvalue weighted by Gasteiger charge is 2.57. The van der Waals surface area contributed by atoms with Gasteiger partial charge in [0.05, 0.1) is 6.61 Å². The van der Waals surface area contributed by atoms with Gasteiger partial charge in [0.2, 0.25) is 5.91 Å². The lowest BCUT2D eigenvalue weighted by Gasteiger charge is -2.23. The SMILES string of the molecule is CCOc1cccc(CNC(=O)C2CC23CCNCC3)c1. The molecule has 1 atom stereocenters. The molecule has 1 amide bonds. The molecule has 2 fully saturated rings. The molecule has 1 saturated heterocycles. The first-order valence-electron chi connectivity index (χ1n) is 7.94. The molecule has 0 aromatic heterocycles. The second kappa shape index (κ2) is 6.06. The van der Waals surface area contributed by atoms with Gasteiger partial charge in [-0.3, -0.25) is 4.79 Å². The van der Waals surface area contributed by atoms with E-state index in [0.717, 1.165) is 43.7 Å². The molecule has 0 radical (unpaired) electrons. The molecule has 2 aliphatic rings. The molecule has 1 aliphatic heterocycles. The Morgan fingerprint density at radius 3 is 3.00 bits per heavy atom. The van der Waals surface area contributed by atoms with E-state index in [2.05, 4.69) is 10.6 Å². The van der Waals surface area contributed by atoms with Crippen LogP contribution in [0, 0.1) is 11.3 Å². The third-order valence-corrected chi connectivity index (χ3v) is 4.78. The van der Waals surface area contributed by atoms with E-state index in [1.807, 2.05) is 31.2 Å². The summed E-state index contributed by atoms with van der Waals surface area (Å²) in [4.78, 5) is 12.3. The topological polar surface area (TPSA) is 50.4 Å². The Balaban J connectivity index is 1.51. The van der Waals surface area contributed by atoms with Crippen molar-refractivity contribution in [2.45, 2.75) is 32.7 Å². The molecule has 1 aromatic rings. The Bertz CT molecular complexity index is 509. The van der Waals surface area contributed by atoms with Crippen LogP contribution in [0.15, 0.2) is 24.3 Å². The summed E-state index contributed by atoms with van der Waals surface area (Å²) >= 11 is 0. The summed E-state index contributed by atoms with van der Waals surface area (Å²) in [6.45, 7) is 5.33. The summed E-state index contributed by atoms with van der Waals surface area (Å²) in [5, 5.41) is 6.46. The van der Waals surface area contributed by atoms with E-state index in [4.69, 9.17) is 4.74 Å². The zero-order valence-corrected chi connectivity index (χ0v) is 12.7. The monoisotopic (exact) mass is 288 g/mol. The summed E-state index contributed by atoms with van der Waals surface area (Å²) in [7, 11) is 0. The minimum absolute atomic E-state index is 0.221. The molecule has 0 bridgehead atoms. The maximum absolute atomic E-state index is 12.3. The van der Waals surface area contributed by atoms with E-state index in [0.29, 0.717) is 18.6 Å². The van der Waals surface area contributed by atoms with Gasteiger partial charge in [0, 0.05) is 12.5 Å². The fourth-order valence-electron chi connectivity index (χ4n) is 3.42. The molecule has 1 heterocycles. The van der Waals surface area contributed by atoms with E-state index < -0.39 is 0 Å². The van der Waals surface area contributed by atoms with Crippen LogP contribution >= 0.6 is 0 Å². The lowest BCUT2D eigenvalue weighted by Crippen LogP contribution is -2.33. The van der Waals surface area contributed by atoms with Crippen LogP contribution in [-0.2, 0) is 11.3 Å². The van der Waals surface area contributed by atoms with E-state index in [9.17, 15) is 4.79 Å². The standard InChI is InChI=1S/C17H24N2O2/c1-2-21-14-5-3-4-13(10-14)12-19-16(20)15-11-17(15)6-8-18-9-7-17/h3-5,10,15,18H,2,6-9,11-12H2,1H3,(H,19,20). The lowest BCUT2D eigenvalue weighted by molar-refractivity contribution is -0.123. The van der Waals surface area contributed by atoms with Crippen LogP contribution in [0.5, 0.6) is 5.75 Å². The zero-order chi connectivity index (χ0) is 14.7. The number of benzene rings is 1. The second-order valence-corrected chi connectivity index (χ2v) is 6.17. The van der Waals surface area contributed by atoms with E-state index in [-0.39, 0.29) is 11.8 Å². The van der Waals surface area contributed by atoms with Crippen LogP contribution in [0.4, 0.5) is 0 Å². The van der Waals surface area contributed by atoms with Crippen LogP contribution in [0.3, 0.4) is 0 Å². The highest BCUT2D eigenvalue weighted by Crippen LogP contribution is 2.58. The average molecular weight is 288 g/mol. The third-order valence-electron chi connectivity index (χ3n) is 4.78. The Hall–Kier alpha value is -1.55. The van der Waals surface area contributed by atoms with E-state index in [1.54, 1.807) is 0 Å². The smallest absolute Gasteiger partial charge is 0.223 e. The van der Waals surface area contributed by atoms with Gasteiger partial charge < -0.3 is 15.4 Å². The normalized spacial score (nSPS) is 22.8. The van der Waals surface area contributed by atoms with Crippen LogP contribution in [0.25, 0.3) is 0 Å². The van der Waals surface area contributed by atoms with Crippen LogP contribution in [0.1, 0.15) is 31.7 Å². The number of amides is 1. The van der Waals surface area contributed by atoms with Crippen LogP contribution < -0.4 is 15.4 Å². The fourth-order valence-corrected chi connectivity index (χ4v) is 3.42. The van der Waals surface area contributed by atoms with Crippen molar-refractivity contribution < 1.29 is 9.53 Å². The number of carbonyl (C=O) groups excluding carboxylic acids is 1. The quantitative estimate of drug-likeness (QED) is 0.872. The van der Waals surface area contributed by atoms with Crippen LogP contribution in [-0.4, -0.2) is 25.6 Å². The van der Waals surface area contributed by atoms with Gasteiger partial charge in [0.1, 0.15) is 5.75 Å². The van der Waals surface area contributed by atoms with Crippen molar-refractivity contribution in [2.75, 3.05) is 19.7 Å². The fraction of sp³-hybridized carbons (Fsp3) is 0.588. The van der Waals surface area contributed by atoms with Crippen LogP contribution in [0.2, 0.25) is 0 Å². The van der Waals surface area contributed by atoms with Crippen molar-refractivity contribution >= 4 is 5.91 Å². The molecule has 4 nitrogen and oxygen atoms in total. The van der Waals surface area contributed by atoms with Gasteiger partial charge in [-0.15, -0.1) is 0 Å². The third kappa shape index (κ3) is 3.21. The van der Waals surface area contributed by atoms with Crippen molar-refractivity contribution in [1.82, 2.24) is 10.6 Å². The Morgan fingerprint density at radius 2 is 2.24 bits per heavy atom. The molecule has 2 N–H and O–H groups in total. The Kier molecular flexibility index (Phi) is 4.15. The van der Waals surface area contributed by atoms with Gasteiger partial charge >= 0.3 is 0 Å². The molecule has 1 saturated carbocycles. The van der Waals surface area contributed by atoms with E-state index in [1.165, 1.54) is 0 Å². The molecule has 1 aliphatic carbocycles. The van der Waals surface area contributed by atoms with Crippen molar-refractivity contribution in [3.8, 4) is 5.75 Å². The number of carbonyl (C=O) groups is 1. The maximum Gasteiger partial charge on any atom is 0.223 e. The first-order valence-corrected chi connectivity index (χ1v) is 7.94. The van der Waals surface area contributed by atoms with Crippen molar-refractivity contribution in [2.24, 2.45) is 11.3 Å². The summed E-state index contributed by atoms with van der Waals surface area (Å²) in [5.41, 5.74) is 1.40. The predicted octanol–water partition coefficient (Wildman–Crippen LogP) is 2.09. The largest absolute Gasteiger partial charge is 0.494 e. The van der Waals surface area contributed by atoms with E-state index >= 15 is 0 Å². The minimum Gasteiger partial charge on any atom is -0.494 e. The second-order valence-electron chi connectivity index (χ2n) is 6.17. The Labute approximate surface area is 126 Å². The molecule has 1 aromatic carbocycles. The first kappa shape index (κ1) is 14.4. The van der Waals surface area contributed by atoms with Gasteiger partial charge in [-0.05, 0) is 62.4 Å². The minimum atomic E-state index is 0.221. The predicted molar refractivity (Wildman–Crippen MR) is 82.1 cm³/mol. The molecule has 1 spiro atoms. The molecule has 1 unspecified atom stereocenters. The first-order chi connectivity index (χ1) is 10.2. The highest BCUT2D eigenvalue weighted by atomic mass is 16.5. The molecule has 3 rings (SSSR count). The van der Waals surface area contributed by atoms with Gasteiger partial charge in [0.15, 0.2) is 0 Å². The van der Waals surface area contributed by atoms with Crippen molar-refractivity contribution in [3.05, 3.63) is 29.8 Å². The summed E-state index contributed by atoms with van der Waals surface area (Å²) in [6.07, 6.45) is 3.36. The molecular formula is C17H24N2O2. The number of ether oxygens (including phenoxy) is 1. The maximum atomic E-state index is 12.3. The number of nitrogens with one attached hydrogen (secondary N) is 2. The van der Waals surface area contributed by atoms with Crippen molar-refractivity contribution in [1.29, 1.82) is 0 Å². The summed E-state index contributed by atoms with van der Waals surface area (Å²) in [6, 6.07) is 7.94.